The largest absolute Gasteiger partial charge is 0.398 e. The Morgan fingerprint density at radius 1 is 1.43 bits per heavy atom. The van der Waals surface area contributed by atoms with Crippen LogP contribution in [0.4, 0.5) is 11.4 Å². The summed E-state index contributed by atoms with van der Waals surface area (Å²) >= 11 is 1.31. The number of nitrogens with one attached hydrogen (secondary N) is 2. The predicted molar refractivity (Wildman–Crippen MR) is 80.4 cm³/mol. The lowest BCUT2D eigenvalue weighted by Gasteiger charge is -2.08. The van der Waals surface area contributed by atoms with Gasteiger partial charge in [0.15, 0.2) is 5.16 Å². The second kappa shape index (κ2) is 5.28. The van der Waals surface area contributed by atoms with E-state index in [2.05, 4.69) is 15.5 Å². The van der Waals surface area contributed by atoms with E-state index < -0.39 is 0 Å². The van der Waals surface area contributed by atoms with Crippen molar-refractivity contribution in [1.29, 1.82) is 0 Å². The number of aromatic amines is 1. The maximum Gasteiger partial charge on any atom is 0.343 e. The summed E-state index contributed by atoms with van der Waals surface area (Å²) in [6.07, 6.45) is 1.19. The molecule has 2 heterocycles. The van der Waals surface area contributed by atoms with Crippen molar-refractivity contribution in [3.63, 3.8) is 0 Å². The van der Waals surface area contributed by atoms with Crippen LogP contribution in [0.15, 0.2) is 27.0 Å². The Morgan fingerprint density at radius 3 is 3.00 bits per heavy atom. The second-order valence-corrected chi connectivity index (χ2v) is 5.85. The minimum Gasteiger partial charge on any atom is -0.398 e. The van der Waals surface area contributed by atoms with Crippen molar-refractivity contribution in [2.24, 2.45) is 0 Å². The lowest BCUT2D eigenvalue weighted by molar-refractivity contribution is -0.115. The zero-order valence-corrected chi connectivity index (χ0v) is 12.3. The van der Waals surface area contributed by atoms with Crippen LogP contribution in [0.5, 0.6) is 0 Å². The summed E-state index contributed by atoms with van der Waals surface area (Å²) in [4.78, 5) is 23.9. The van der Waals surface area contributed by atoms with Crippen molar-refractivity contribution in [3.8, 4) is 0 Å². The lowest BCUT2D eigenvalue weighted by Crippen LogP contribution is -2.17. The van der Waals surface area contributed by atoms with E-state index in [-0.39, 0.29) is 11.6 Å². The molecule has 1 aromatic carbocycles. The number of benzene rings is 1. The molecule has 1 aromatic heterocycles. The smallest absolute Gasteiger partial charge is 0.343 e. The first-order chi connectivity index (χ1) is 10.1. The number of amides is 1. The molecule has 1 aliphatic rings. The number of fused-ring (bicyclic) bond motifs is 1. The van der Waals surface area contributed by atoms with Gasteiger partial charge in [-0.3, -0.25) is 9.36 Å². The van der Waals surface area contributed by atoms with Gasteiger partial charge in [0, 0.05) is 22.8 Å². The van der Waals surface area contributed by atoms with E-state index >= 15 is 0 Å². The van der Waals surface area contributed by atoms with Crippen LogP contribution in [0.1, 0.15) is 18.9 Å². The number of nitrogens with zero attached hydrogens (tertiary/aromatic N) is 2. The standard InChI is InChI=1S/C13H15N5O2S/c1-2-3-18-12(20)16-17-13(18)21-10-6-9-7(4-8(10)14)5-11(19)15-9/h4,6H,2-3,5,14H2,1H3,(H,15,19)(H,16,20). The van der Waals surface area contributed by atoms with Crippen molar-refractivity contribution >= 4 is 29.0 Å². The molecule has 0 spiro atoms. The highest BCUT2D eigenvalue weighted by atomic mass is 32.2. The molecule has 7 nitrogen and oxygen atoms in total. The third-order valence-corrected chi connectivity index (χ3v) is 4.30. The molecule has 3 rings (SSSR count). The van der Waals surface area contributed by atoms with E-state index in [1.165, 1.54) is 11.8 Å². The Kier molecular flexibility index (Phi) is 3.46. The molecule has 0 aliphatic carbocycles. The number of anilines is 2. The predicted octanol–water partition coefficient (Wildman–Crippen LogP) is 1.21. The average Bonchev–Trinajstić information content (AvgIpc) is 2.95. The highest BCUT2D eigenvalue weighted by molar-refractivity contribution is 7.99. The molecule has 21 heavy (non-hydrogen) atoms. The van der Waals surface area contributed by atoms with Crippen LogP contribution in [-0.2, 0) is 17.8 Å². The van der Waals surface area contributed by atoms with Gasteiger partial charge in [-0.2, -0.15) is 0 Å². The SMILES string of the molecule is CCCn1c(Sc2cc3c(cc2N)CC(=O)N3)n[nH]c1=O. The fourth-order valence-electron chi connectivity index (χ4n) is 2.26. The van der Waals surface area contributed by atoms with Crippen molar-refractivity contribution in [1.82, 2.24) is 14.8 Å². The molecular weight excluding hydrogens is 290 g/mol. The van der Waals surface area contributed by atoms with Gasteiger partial charge in [-0.1, -0.05) is 6.92 Å². The molecule has 0 bridgehead atoms. The summed E-state index contributed by atoms with van der Waals surface area (Å²) in [5.74, 6) is -0.0331. The Balaban J connectivity index is 1.94. The van der Waals surface area contributed by atoms with Crippen molar-refractivity contribution in [2.45, 2.75) is 36.4 Å². The molecule has 0 saturated heterocycles. The third-order valence-electron chi connectivity index (χ3n) is 3.23. The first-order valence-corrected chi connectivity index (χ1v) is 7.45. The summed E-state index contributed by atoms with van der Waals surface area (Å²) < 4.78 is 1.58. The first-order valence-electron chi connectivity index (χ1n) is 6.63. The molecule has 0 fully saturated rings. The van der Waals surface area contributed by atoms with Crippen LogP contribution in [0.2, 0.25) is 0 Å². The van der Waals surface area contributed by atoms with E-state index in [1.807, 2.05) is 13.0 Å². The number of rotatable bonds is 4. The van der Waals surface area contributed by atoms with Crippen LogP contribution < -0.4 is 16.7 Å². The van der Waals surface area contributed by atoms with Gasteiger partial charge in [0.05, 0.1) is 6.42 Å². The molecule has 2 aromatic rings. The van der Waals surface area contributed by atoms with E-state index in [0.717, 1.165) is 22.6 Å². The molecule has 1 amide bonds. The fourth-order valence-corrected chi connectivity index (χ4v) is 3.19. The number of nitrogens with two attached hydrogens (primary N) is 1. The van der Waals surface area contributed by atoms with Crippen molar-refractivity contribution in [2.75, 3.05) is 11.1 Å². The van der Waals surface area contributed by atoms with E-state index in [4.69, 9.17) is 5.73 Å². The average molecular weight is 305 g/mol. The van der Waals surface area contributed by atoms with Crippen molar-refractivity contribution < 1.29 is 4.79 Å². The Hall–Kier alpha value is -2.22. The van der Waals surface area contributed by atoms with Gasteiger partial charge in [0.25, 0.3) is 0 Å². The Bertz CT molecular complexity index is 764. The Labute approximate surface area is 124 Å². The number of carbonyl (C=O) groups is 1. The quantitative estimate of drug-likeness (QED) is 0.736. The number of nitrogen functional groups attached to an aromatic ring is 1. The van der Waals surface area contributed by atoms with Crippen LogP contribution in [0, 0.1) is 0 Å². The summed E-state index contributed by atoms with van der Waals surface area (Å²) in [5.41, 5.74) is 8.05. The van der Waals surface area contributed by atoms with Gasteiger partial charge in [-0.05, 0) is 35.9 Å². The zero-order valence-electron chi connectivity index (χ0n) is 11.5. The van der Waals surface area contributed by atoms with Gasteiger partial charge in [-0.25, -0.2) is 9.89 Å². The minimum atomic E-state index is -0.229. The third kappa shape index (κ3) is 2.54. The molecule has 0 saturated carbocycles. The normalized spacial score (nSPS) is 13.3. The molecule has 0 atom stereocenters. The summed E-state index contributed by atoms with van der Waals surface area (Å²) in [7, 11) is 0. The van der Waals surface area contributed by atoms with E-state index in [9.17, 15) is 9.59 Å². The highest BCUT2D eigenvalue weighted by Crippen LogP contribution is 2.36. The second-order valence-electron chi connectivity index (χ2n) is 4.84. The number of hydrogen-bond donors (Lipinski definition) is 3. The van der Waals surface area contributed by atoms with E-state index in [0.29, 0.717) is 23.8 Å². The van der Waals surface area contributed by atoms with Crippen LogP contribution >= 0.6 is 11.8 Å². The van der Waals surface area contributed by atoms with Gasteiger partial charge in [-0.15, -0.1) is 5.10 Å². The topological polar surface area (TPSA) is 106 Å². The molecule has 4 N–H and O–H groups in total. The summed E-state index contributed by atoms with van der Waals surface area (Å²) in [6.45, 7) is 2.59. The molecule has 0 radical (unpaired) electrons. The minimum absolute atomic E-state index is 0.0331. The number of hydrogen-bond acceptors (Lipinski definition) is 5. The van der Waals surface area contributed by atoms with Crippen LogP contribution in [0.3, 0.4) is 0 Å². The maximum absolute atomic E-state index is 11.7. The molecule has 8 heteroatoms. The molecule has 1 aliphatic heterocycles. The van der Waals surface area contributed by atoms with Gasteiger partial charge in [0.1, 0.15) is 0 Å². The monoisotopic (exact) mass is 305 g/mol. The number of aromatic nitrogens is 3. The van der Waals surface area contributed by atoms with Crippen molar-refractivity contribution in [3.05, 3.63) is 28.2 Å². The molecular formula is C13H15N5O2S. The number of carbonyl (C=O) groups excluding carboxylic acids is 1. The van der Waals surface area contributed by atoms with Crippen LogP contribution in [-0.4, -0.2) is 20.7 Å². The van der Waals surface area contributed by atoms with Gasteiger partial charge >= 0.3 is 5.69 Å². The zero-order chi connectivity index (χ0) is 15.0. The number of H-pyrrole nitrogens is 1. The Morgan fingerprint density at radius 2 is 2.24 bits per heavy atom. The maximum atomic E-state index is 11.7. The van der Waals surface area contributed by atoms with Gasteiger partial charge < -0.3 is 11.1 Å². The van der Waals surface area contributed by atoms with Gasteiger partial charge in [0.2, 0.25) is 5.91 Å². The fraction of sp³-hybridized carbons (Fsp3) is 0.308. The molecule has 0 unspecified atom stereocenters. The summed E-state index contributed by atoms with van der Waals surface area (Å²) in [6, 6.07) is 3.63. The van der Waals surface area contributed by atoms with Crippen LogP contribution in [0.25, 0.3) is 0 Å². The first kappa shape index (κ1) is 13.7. The molecule has 110 valence electrons. The lowest BCUT2D eigenvalue weighted by atomic mass is 10.1. The highest BCUT2D eigenvalue weighted by Gasteiger charge is 2.20. The van der Waals surface area contributed by atoms with E-state index in [1.54, 1.807) is 10.6 Å². The summed E-state index contributed by atoms with van der Waals surface area (Å²) in [5, 5.41) is 9.83.